The molecule has 7 aromatic carbocycles. The van der Waals surface area contributed by atoms with E-state index in [1.165, 1.54) is 163 Å². The van der Waals surface area contributed by atoms with E-state index in [0.29, 0.717) is 39.5 Å². The van der Waals surface area contributed by atoms with Gasteiger partial charge in [-0.15, -0.1) is 0 Å². The zero-order valence-corrected chi connectivity index (χ0v) is 50.2. The van der Waals surface area contributed by atoms with Crippen LogP contribution in [0.1, 0.15) is 223 Å². The summed E-state index contributed by atoms with van der Waals surface area (Å²) in [6.07, 6.45) is 30.0. The van der Waals surface area contributed by atoms with Gasteiger partial charge in [-0.2, -0.15) is 0 Å². The molecule has 0 heterocycles. The lowest BCUT2D eigenvalue weighted by Gasteiger charge is -2.29. The van der Waals surface area contributed by atoms with E-state index >= 15 is 9.59 Å². The Morgan fingerprint density at radius 3 is 1.16 bits per heavy atom. The third-order valence-corrected chi connectivity index (χ3v) is 19.1. The molecule has 0 amide bonds. The fraction of sp³-hybridized carbons (Fsp3) is 0.405. The quantitative estimate of drug-likeness (QED) is 0.0438. The van der Waals surface area contributed by atoms with Crippen molar-refractivity contribution in [1.82, 2.24) is 0 Å². The number of anilines is 4. The number of carbonyl (C=O) groups excluding carboxylic acids is 2. The summed E-state index contributed by atoms with van der Waals surface area (Å²) in [6, 6.07) is 52.1. The topological polar surface area (TPSA) is 58.2 Å². The normalized spacial score (nSPS) is 14.9. The summed E-state index contributed by atoms with van der Waals surface area (Å²) < 4.78 is 0. The first-order valence-electron chi connectivity index (χ1n) is 31.1. The predicted octanol–water partition coefficient (Wildman–Crippen LogP) is 22.5. The molecule has 418 valence electrons. The van der Waals surface area contributed by atoms with Crippen LogP contribution in [0.3, 0.4) is 0 Å². The zero-order chi connectivity index (χ0) is 55.5. The van der Waals surface area contributed by atoms with Gasteiger partial charge in [0.25, 0.3) is 0 Å². The highest BCUT2D eigenvalue weighted by Gasteiger charge is 2.38. The molecule has 0 atom stereocenters. The summed E-state index contributed by atoms with van der Waals surface area (Å²) in [6.45, 7) is 9.04. The summed E-state index contributed by atoms with van der Waals surface area (Å²) >= 11 is 3.12. The van der Waals surface area contributed by atoms with E-state index in [0.717, 1.165) is 61.7 Å². The molecule has 1 saturated carbocycles. The van der Waals surface area contributed by atoms with E-state index in [-0.39, 0.29) is 11.6 Å². The summed E-state index contributed by atoms with van der Waals surface area (Å²) in [5, 5.41) is 7.29. The molecule has 0 saturated heterocycles. The summed E-state index contributed by atoms with van der Waals surface area (Å²) in [5.74, 6) is 1.26. The Labute approximate surface area is 489 Å². The van der Waals surface area contributed by atoms with Crippen molar-refractivity contribution in [3.8, 4) is 11.1 Å². The van der Waals surface area contributed by atoms with Gasteiger partial charge in [-0.05, 0) is 182 Å². The first-order chi connectivity index (χ1) is 39.3. The molecule has 0 bridgehead atoms. The van der Waals surface area contributed by atoms with E-state index in [1.807, 2.05) is 24.3 Å². The molecule has 1 fully saturated rings. The number of rotatable bonds is 30. The van der Waals surface area contributed by atoms with E-state index in [4.69, 9.17) is 0 Å². The Balaban J connectivity index is 1.02. The second kappa shape index (κ2) is 30.3. The van der Waals surface area contributed by atoms with Crippen LogP contribution >= 0.6 is 23.5 Å². The van der Waals surface area contributed by atoms with Gasteiger partial charge in [-0.1, -0.05) is 214 Å². The zero-order valence-electron chi connectivity index (χ0n) is 48.6. The van der Waals surface area contributed by atoms with Crippen LogP contribution in [-0.2, 0) is 19.3 Å². The lowest BCUT2D eigenvalue weighted by Crippen LogP contribution is -2.25. The second-order valence-corrected chi connectivity index (χ2v) is 25.2. The van der Waals surface area contributed by atoms with Gasteiger partial charge in [0.1, 0.15) is 0 Å². The Bertz CT molecular complexity index is 3060. The molecule has 6 heteroatoms. The van der Waals surface area contributed by atoms with Crippen LogP contribution in [0.5, 0.6) is 0 Å². The van der Waals surface area contributed by atoms with Gasteiger partial charge in [-0.25, -0.2) is 0 Å². The van der Waals surface area contributed by atoms with Gasteiger partial charge >= 0.3 is 0 Å². The van der Waals surface area contributed by atoms with Crippen LogP contribution in [-0.4, -0.2) is 11.6 Å². The minimum atomic E-state index is -0.153. The average molecular weight is 1100 g/mol. The van der Waals surface area contributed by atoms with Gasteiger partial charge in [0.2, 0.25) is 0 Å². The molecule has 2 aliphatic carbocycles. The first-order valence-corrected chi connectivity index (χ1v) is 32.8. The molecule has 0 spiro atoms. The van der Waals surface area contributed by atoms with Crippen molar-refractivity contribution in [2.45, 2.75) is 207 Å². The standard InChI is InChI=1S/C74H88N2O2S2/c1-5-9-13-17-21-53-25-33-57(34-26-53)58-35-37-59(38-36-58)60-39-47-64(48-40-60)80-68-52-50-66(76-62-43-29-55(30-44-62)23-19-15-11-7-3)70-72(68)74(78)69-65(75-61-41-27-54(28-42-61)22-18-14-10-6-2)49-51-67(71(69)73(70)77)79-63-45-31-56(32-46-63)24-20-16-12-8-4/h27-32,35-53,57,75-76H,5-26,33-34H2,1-4H3. The number of ketones is 2. The van der Waals surface area contributed by atoms with Crippen LogP contribution in [0.25, 0.3) is 11.1 Å². The largest absolute Gasteiger partial charge is 0.355 e. The van der Waals surface area contributed by atoms with Crippen LogP contribution in [0.2, 0.25) is 0 Å². The monoisotopic (exact) mass is 1100 g/mol. The maximum atomic E-state index is 15.9. The maximum absolute atomic E-state index is 15.9. The molecular formula is C74H88N2O2S2. The third kappa shape index (κ3) is 15.8. The SMILES string of the molecule is CCCCCCc1ccc(Nc2ccc(Sc3ccc(CCCCCC)cc3)c3c2C(=O)c2c(Sc4ccc(-c5ccc(C6CCC(CCCCCC)CC6)cc5)cc4)ccc(Nc4ccc(CCCCCC)cc4)c2C3=O)cc1. The molecule has 0 radical (unpaired) electrons. The van der Waals surface area contributed by atoms with E-state index in [2.05, 4.69) is 160 Å². The van der Waals surface area contributed by atoms with E-state index < -0.39 is 0 Å². The number of hydrogen-bond acceptors (Lipinski definition) is 6. The number of fused-ring (bicyclic) bond motifs is 2. The van der Waals surface area contributed by atoms with Gasteiger partial charge in [-0.3, -0.25) is 9.59 Å². The molecule has 7 aromatic rings. The molecule has 80 heavy (non-hydrogen) atoms. The molecular weight excluding hydrogens is 1010 g/mol. The smallest absolute Gasteiger partial charge is 0.197 e. The van der Waals surface area contributed by atoms with E-state index in [1.54, 1.807) is 23.5 Å². The number of hydrogen-bond donors (Lipinski definition) is 2. The molecule has 0 unspecified atom stereocenters. The summed E-state index contributed by atoms with van der Waals surface area (Å²) in [7, 11) is 0. The molecule has 2 N–H and O–H groups in total. The lowest BCUT2D eigenvalue weighted by molar-refractivity contribution is 0.0976. The molecule has 0 aromatic heterocycles. The lowest BCUT2D eigenvalue weighted by atomic mass is 9.77. The van der Waals surface area contributed by atoms with E-state index in [9.17, 15) is 0 Å². The number of aryl methyl sites for hydroxylation is 3. The number of unbranched alkanes of at least 4 members (excludes halogenated alkanes) is 12. The molecule has 9 rings (SSSR count). The van der Waals surface area contributed by atoms with Crippen molar-refractivity contribution in [2.24, 2.45) is 5.92 Å². The van der Waals surface area contributed by atoms with Gasteiger partial charge < -0.3 is 10.6 Å². The molecule has 0 aliphatic heterocycles. The highest BCUT2D eigenvalue weighted by molar-refractivity contribution is 7.99. The second-order valence-electron chi connectivity index (χ2n) is 23.0. The van der Waals surface area contributed by atoms with Crippen LogP contribution in [0, 0.1) is 5.92 Å². The Kier molecular flexibility index (Phi) is 22.3. The summed E-state index contributed by atoms with van der Waals surface area (Å²) in [5.41, 5.74) is 12.5. The summed E-state index contributed by atoms with van der Waals surface area (Å²) in [4.78, 5) is 35.4. The van der Waals surface area contributed by atoms with Crippen molar-refractivity contribution < 1.29 is 9.59 Å². The Morgan fingerprint density at radius 2 is 0.750 bits per heavy atom. The Hall–Kier alpha value is -5.82. The molecule has 4 nitrogen and oxygen atoms in total. The van der Waals surface area contributed by atoms with Crippen molar-refractivity contribution in [2.75, 3.05) is 10.6 Å². The van der Waals surface area contributed by atoms with Gasteiger partial charge in [0.15, 0.2) is 11.6 Å². The Morgan fingerprint density at radius 1 is 0.375 bits per heavy atom. The number of nitrogens with one attached hydrogen (secondary N) is 2. The van der Waals surface area contributed by atoms with Crippen molar-refractivity contribution >= 4 is 57.8 Å². The van der Waals surface area contributed by atoms with Crippen LogP contribution in [0.15, 0.2) is 165 Å². The van der Waals surface area contributed by atoms with Gasteiger partial charge in [0.05, 0.1) is 22.5 Å². The minimum absolute atomic E-state index is 0.150. The average Bonchev–Trinajstić information content (AvgIpc) is 3.68. The van der Waals surface area contributed by atoms with Crippen LogP contribution < -0.4 is 10.6 Å². The minimum Gasteiger partial charge on any atom is -0.355 e. The number of carbonyl (C=O) groups is 2. The highest BCUT2D eigenvalue weighted by Crippen LogP contribution is 2.47. The van der Waals surface area contributed by atoms with Gasteiger partial charge in [0, 0.05) is 42.1 Å². The maximum Gasteiger partial charge on any atom is 0.197 e. The number of benzene rings is 7. The first kappa shape index (κ1) is 58.8. The van der Waals surface area contributed by atoms with Crippen LogP contribution in [0.4, 0.5) is 22.7 Å². The fourth-order valence-corrected chi connectivity index (χ4v) is 14.0. The fourth-order valence-electron chi connectivity index (χ4n) is 12.1. The van der Waals surface area contributed by atoms with Crippen molar-refractivity contribution in [1.29, 1.82) is 0 Å². The predicted molar refractivity (Wildman–Crippen MR) is 343 cm³/mol. The third-order valence-electron chi connectivity index (χ3n) is 16.9. The highest BCUT2D eigenvalue weighted by atomic mass is 32.2. The molecule has 2 aliphatic rings. The van der Waals surface area contributed by atoms with Crippen molar-refractivity contribution in [3.05, 3.63) is 190 Å². The van der Waals surface area contributed by atoms with Crippen molar-refractivity contribution in [3.63, 3.8) is 0 Å².